The van der Waals surface area contributed by atoms with Crippen LogP contribution in [-0.2, 0) is 10.2 Å². The Hall–Kier alpha value is -3.19. The Bertz CT molecular complexity index is 1230. The lowest BCUT2D eigenvalue weighted by molar-refractivity contribution is -0.122. The van der Waals surface area contributed by atoms with E-state index in [-0.39, 0.29) is 5.91 Å². The largest absolute Gasteiger partial charge is 0.476 e. The Morgan fingerprint density at radius 3 is 2.65 bits per heavy atom. The Morgan fingerprint density at radius 2 is 1.91 bits per heavy atom. The standard InChI is InChI=1S/C27H33N5O2/c1-28-22-15-19(16-30-25(22)34-13-7-12-31(2)3)18-8-9-21-20(14-18)24-23(17-29-21)32(4)26(33)27(24)10-5-6-11-27/h8-9,14-17,28H,5-7,10-13H2,1-4H3. The number of nitrogens with one attached hydrogen (secondary N) is 1. The van der Waals surface area contributed by atoms with Crippen molar-refractivity contribution in [3.8, 4) is 17.0 Å². The molecule has 1 amide bonds. The van der Waals surface area contributed by atoms with Crippen molar-refractivity contribution in [2.45, 2.75) is 37.5 Å². The first-order valence-corrected chi connectivity index (χ1v) is 12.1. The number of carbonyl (C=O) groups is 1. The molecule has 1 aromatic carbocycles. The van der Waals surface area contributed by atoms with Gasteiger partial charge in [-0.1, -0.05) is 18.9 Å². The van der Waals surface area contributed by atoms with Crippen molar-refractivity contribution in [3.63, 3.8) is 0 Å². The van der Waals surface area contributed by atoms with Crippen LogP contribution in [0.3, 0.4) is 0 Å². The summed E-state index contributed by atoms with van der Waals surface area (Å²) in [7, 11) is 7.88. The molecule has 0 unspecified atom stereocenters. The average molecular weight is 460 g/mol. The van der Waals surface area contributed by atoms with Crippen LogP contribution in [-0.4, -0.2) is 62.1 Å². The molecule has 178 valence electrons. The Kier molecular flexibility index (Phi) is 5.90. The zero-order valence-electron chi connectivity index (χ0n) is 20.5. The van der Waals surface area contributed by atoms with Crippen molar-refractivity contribution in [2.24, 2.45) is 0 Å². The minimum Gasteiger partial charge on any atom is -0.476 e. The maximum Gasteiger partial charge on any atom is 0.237 e. The summed E-state index contributed by atoms with van der Waals surface area (Å²) in [5.41, 5.74) is 5.56. The first-order valence-electron chi connectivity index (χ1n) is 12.1. The molecule has 0 atom stereocenters. The van der Waals surface area contributed by atoms with E-state index in [0.29, 0.717) is 12.5 Å². The van der Waals surface area contributed by atoms with Crippen LogP contribution >= 0.6 is 0 Å². The van der Waals surface area contributed by atoms with E-state index in [1.54, 1.807) is 0 Å². The Balaban J connectivity index is 1.52. The molecule has 1 saturated carbocycles. The lowest BCUT2D eigenvalue weighted by Crippen LogP contribution is -2.36. The van der Waals surface area contributed by atoms with Crippen LogP contribution in [0.15, 0.2) is 36.7 Å². The van der Waals surface area contributed by atoms with Gasteiger partial charge in [0.2, 0.25) is 11.8 Å². The number of amides is 1. The third-order valence-corrected chi connectivity index (χ3v) is 7.30. The first kappa shape index (κ1) is 22.6. The SMILES string of the molecule is CNc1cc(-c2ccc3ncc4c(c3c2)C2(CCCC2)C(=O)N4C)cnc1OCCCN(C)C. The number of ether oxygens (including phenoxy) is 1. The number of aromatic nitrogens is 2. The van der Waals surface area contributed by atoms with Gasteiger partial charge in [0.1, 0.15) is 0 Å². The van der Waals surface area contributed by atoms with E-state index in [1.165, 1.54) is 0 Å². The molecule has 5 rings (SSSR count). The van der Waals surface area contributed by atoms with Gasteiger partial charge in [0.05, 0.1) is 35.1 Å². The van der Waals surface area contributed by atoms with E-state index in [9.17, 15) is 4.79 Å². The van der Waals surface area contributed by atoms with Crippen LogP contribution in [0, 0.1) is 0 Å². The van der Waals surface area contributed by atoms with Gasteiger partial charge in [0, 0.05) is 43.4 Å². The molecule has 2 aromatic heterocycles. The number of benzene rings is 1. The lowest BCUT2D eigenvalue weighted by Gasteiger charge is -2.23. The van der Waals surface area contributed by atoms with E-state index in [0.717, 1.165) is 77.6 Å². The fourth-order valence-corrected chi connectivity index (χ4v) is 5.55. The van der Waals surface area contributed by atoms with Crippen molar-refractivity contribution < 1.29 is 9.53 Å². The maximum absolute atomic E-state index is 13.3. The summed E-state index contributed by atoms with van der Waals surface area (Å²) in [6, 6.07) is 8.40. The van der Waals surface area contributed by atoms with Gasteiger partial charge >= 0.3 is 0 Å². The number of pyridine rings is 2. The van der Waals surface area contributed by atoms with Crippen molar-refractivity contribution in [3.05, 3.63) is 42.2 Å². The molecule has 0 radical (unpaired) electrons. The minimum absolute atomic E-state index is 0.217. The van der Waals surface area contributed by atoms with Crippen LogP contribution in [0.1, 0.15) is 37.7 Å². The summed E-state index contributed by atoms with van der Waals surface area (Å²) < 4.78 is 5.93. The zero-order valence-corrected chi connectivity index (χ0v) is 20.5. The normalized spacial score (nSPS) is 16.6. The van der Waals surface area contributed by atoms with Gasteiger partial charge in [0.15, 0.2) is 0 Å². The van der Waals surface area contributed by atoms with Gasteiger partial charge in [-0.15, -0.1) is 0 Å². The summed E-state index contributed by atoms with van der Waals surface area (Å²) in [4.78, 5) is 26.6. The van der Waals surface area contributed by atoms with Gasteiger partial charge in [-0.05, 0) is 57.1 Å². The smallest absolute Gasteiger partial charge is 0.237 e. The van der Waals surface area contributed by atoms with Crippen LogP contribution in [0.5, 0.6) is 5.88 Å². The predicted octanol–water partition coefficient (Wildman–Crippen LogP) is 4.46. The number of rotatable bonds is 7. The number of anilines is 2. The van der Waals surface area contributed by atoms with E-state index < -0.39 is 5.41 Å². The van der Waals surface area contributed by atoms with Crippen LogP contribution < -0.4 is 15.0 Å². The van der Waals surface area contributed by atoms with E-state index in [2.05, 4.69) is 58.5 Å². The number of fused-ring (bicyclic) bond motifs is 4. The molecule has 1 aliphatic heterocycles. The highest BCUT2D eigenvalue weighted by atomic mass is 16.5. The minimum atomic E-state index is -0.400. The first-order chi connectivity index (χ1) is 16.4. The highest BCUT2D eigenvalue weighted by Crippen LogP contribution is 2.53. The molecule has 34 heavy (non-hydrogen) atoms. The number of likely N-dealkylation sites (N-methyl/N-ethyl adjacent to an activating group) is 1. The molecule has 1 N–H and O–H groups in total. The molecule has 7 heteroatoms. The highest BCUT2D eigenvalue weighted by molar-refractivity contribution is 6.12. The van der Waals surface area contributed by atoms with Crippen LogP contribution in [0.2, 0.25) is 0 Å². The van der Waals surface area contributed by atoms with E-state index >= 15 is 0 Å². The molecule has 0 bridgehead atoms. The molecule has 1 spiro atoms. The number of hydrogen-bond acceptors (Lipinski definition) is 6. The van der Waals surface area contributed by atoms with E-state index in [1.807, 2.05) is 31.4 Å². The topological polar surface area (TPSA) is 70.6 Å². The van der Waals surface area contributed by atoms with Gasteiger partial charge < -0.3 is 19.9 Å². The van der Waals surface area contributed by atoms with Crippen molar-refractivity contribution >= 4 is 28.2 Å². The molecule has 3 heterocycles. The molecule has 7 nitrogen and oxygen atoms in total. The lowest BCUT2D eigenvalue weighted by atomic mass is 9.78. The van der Waals surface area contributed by atoms with Gasteiger partial charge in [0.25, 0.3) is 0 Å². The molecule has 0 saturated heterocycles. The van der Waals surface area contributed by atoms with Crippen molar-refractivity contribution in [2.75, 3.05) is 51.6 Å². The second kappa shape index (κ2) is 8.87. The summed E-state index contributed by atoms with van der Waals surface area (Å²) in [5, 5.41) is 4.30. The third kappa shape index (κ3) is 3.68. The zero-order chi connectivity index (χ0) is 23.9. The number of hydrogen-bond donors (Lipinski definition) is 1. The van der Waals surface area contributed by atoms with Crippen LogP contribution in [0.25, 0.3) is 22.0 Å². The molecular formula is C27H33N5O2. The van der Waals surface area contributed by atoms with Gasteiger partial charge in [-0.3, -0.25) is 9.78 Å². The summed E-state index contributed by atoms with van der Waals surface area (Å²) in [6.45, 7) is 1.60. The molecule has 3 aromatic rings. The molecular weight excluding hydrogens is 426 g/mol. The van der Waals surface area contributed by atoms with E-state index in [4.69, 9.17) is 4.74 Å². The Morgan fingerprint density at radius 1 is 1.12 bits per heavy atom. The monoisotopic (exact) mass is 459 g/mol. The fraction of sp³-hybridized carbons (Fsp3) is 0.444. The van der Waals surface area contributed by atoms with Crippen molar-refractivity contribution in [1.82, 2.24) is 14.9 Å². The summed E-state index contributed by atoms with van der Waals surface area (Å²) >= 11 is 0. The maximum atomic E-state index is 13.3. The predicted molar refractivity (Wildman–Crippen MR) is 137 cm³/mol. The summed E-state index contributed by atoms with van der Waals surface area (Å²) in [5.74, 6) is 0.833. The fourth-order valence-electron chi connectivity index (χ4n) is 5.55. The second-order valence-corrected chi connectivity index (χ2v) is 9.74. The molecule has 1 fully saturated rings. The summed E-state index contributed by atoms with van der Waals surface area (Å²) in [6.07, 6.45) is 8.68. The quantitative estimate of drug-likeness (QED) is 0.526. The van der Waals surface area contributed by atoms with Crippen LogP contribution in [0.4, 0.5) is 11.4 Å². The van der Waals surface area contributed by atoms with Gasteiger partial charge in [-0.25, -0.2) is 4.98 Å². The Labute approximate surface area is 201 Å². The third-order valence-electron chi connectivity index (χ3n) is 7.30. The second-order valence-electron chi connectivity index (χ2n) is 9.74. The average Bonchev–Trinajstić information content (AvgIpc) is 3.42. The number of nitrogens with zero attached hydrogens (tertiary/aromatic N) is 4. The highest BCUT2D eigenvalue weighted by Gasteiger charge is 2.52. The molecule has 1 aliphatic carbocycles. The van der Waals surface area contributed by atoms with Crippen molar-refractivity contribution in [1.29, 1.82) is 0 Å². The molecule has 2 aliphatic rings. The van der Waals surface area contributed by atoms with Gasteiger partial charge in [-0.2, -0.15) is 0 Å². The number of carbonyl (C=O) groups excluding carboxylic acids is 1.